The standard InChI is InChI=1S/C22H23NO3/c1-23(19-10-9-17-6-3-4-7-18(17)16-19)22(24)8-5-15-26-21-13-11-20(25-2)12-14-21/h3-4,6-7,9-14,16H,5,8,15H2,1-2H3. The van der Waals surface area contributed by atoms with E-state index in [0.29, 0.717) is 19.4 Å². The Labute approximate surface area is 154 Å². The molecule has 4 nitrogen and oxygen atoms in total. The number of hydrogen-bond acceptors (Lipinski definition) is 3. The molecule has 1 amide bonds. The molecule has 0 aliphatic heterocycles. The van der Waals surface area contributed by atoms with Crippen LogP contribution in [-0.2, 0) is 4.79 Å². The van der Waals surface area contributed by atoms with Crippen LogP contribution in [0, 0.1) is 0 Å². The van der Waals surface area contributed by atoms with Gasteiger partial charge < -0.3 is 14.4 Å². The van der Waals surface area contributed by atoms with Gasteiger partial charge in [0.2, 0.25) is 5.91 Å². The van der Waals surface area contributed by atoms with E-state index in [1.807, 2.05) is 61.6 Å². The topological polar surface area (TPSA) is 38.8 Å². The van der Waals surface area contributed by atoms with Gasteiger partial charge in [0.25, 0.3) is 0 Å². The predicted molar refractivity (Wildman–Crippen MR) is 105 cm³/mol. The number of fused-ring (bicyclic) bond motifs is 1. The zero-order chi connectivity index (χ0) is 18.4. The van der Waals surface area contributed by atoms with Crippen LogP contribution < -0.4 is 14.4 Å². The predicted octanol–water partition coefficient (Wildman–Crippen LogP) is 4.67. The molecule has 0 radical (unpaired) electrons. The van der Waals surface area contributed by atoms with Gasteiger partial charge in [-0.3, -0.25) is 4.79 Å². The summed E-state index contributed by atoms with van der Waals surface area (Å²) in [4.78, 5) is 14.1. The van der Waals surface area contributed by atoms with Crippen molar-refractivity contribution in [1.29, 1.82) is 0 Å². The molecular formula is C22H23NO3. The smallest absolute Gasteiger partial charge is 0.226 e. The van der Waals surface area contributed by atoms with Crippen molar-refractivity contribution in [3.8, 4) is 11.5 Å². The first-order chi connectivity index (χ1) is 12.7. The number of ether oxygens (including phenoxy) is 2. The van der Waals surface area contributed by atoms with Crippen LogP contribution in [0.2, 0.25) is 0 Å². The van der Waals surface area contributed by atoms with Crippen molar-refractivity contribution in [3.05, 3.63) is 66.7 Å². The lowest BCUT2D eigenvalue weighted by molar-refractivity contribution is -0.118. The molecule has 0 unspecified atom stereocenters. The molecule has 0 saturated heterocycles. The average molecular weight is 349 g/mol. The summed E-state index contributed by atoms with van der Waals surface area (Å²) in [6.07, 6.45) is 1.11. The molecule has 0 bridgehead atoms. The molecule has 3 aromatic carbocycles. The van der Waals surface area contributed by atoms with Gasteiger partial charge in [0, 0.05) is 19.2 Å². The summed E-state index contributed by atoms with van der Waals surface area (Å²) in [5, 5.41) is 2.30. The Morgan fingerprint density at radius 2 is 1.62 bits per heavy atom. The van der Waals surface area contributed by atoms with Crippen molar-refractivity contribution in [2.24, 2.45) is 0 Å². The first kappa shape index (κ1) is 17.8. The van der Waals surface area contributed by atoms with E-state index < -0.39 is 0 Å². The first-order valence-electron chi connectivity index (χ1n) is 8.69. The molecule has 0 saturated carbocycles. The fourth-order valence-corrected chi connectivity index (χ4v) is 2.78. The maximum Gasteiger partial charge on any atom is 0.226 e. The molecule has 0 N–H and O–H groups in total. The van der Waals surface area contributed by atoms with E-state index in [9.17, 15) is 4.79 Å². The SMILES string of the molecule is COc1ccc(OCCCC(=O)N(C)c2ccc3ccccc3c2)cc1. The van der Waals surface area contributed by atoms with Gasteiger partial charge in [0.05, 0.1) is 13.7 Å². The molecule has 134 valence electrons. The average Bonchev–Trinajstić information content (AvgIpc) is 2.70. The third-order valence-corrected chi connectivity index (χ3v) is 4.36. The number of anilines is 1. The number of methoxy groups -OCH3 is 1. The number of rotatable bonds is 7. The Balaban J connectivity index is 1.50. The highest BCUT2D eigenvalue weighted by atomic mass is 16.5. The Bertz CT molecular complexity index is 874. The van der Waals surface area contributed by atoms with Crippen molar-refractivity contribution < 1.29 is 14.3 Å². The summed E-state index contributed by atoms with van der Waals surface area (Å²) in [5.41, 5.74) is 0.907. The summed E-state index contributed by atoms with van der Waals surface area (Å²) in [6, 6.07) is 21.6. The summed E-state index contributed by atoms with van der Waals surface area (Å²) in [6.45, 7) is 0.504. The molecule has 0 spiro atoms. The largest absolute Gasteiger partial charge is 0.497 e. The van der Waals surface area contributed by atoms with Gasteiger partial charge in [-0.2, -0.15) is 0 Å². The molecule has 0 aliphatic rings. The quantitative estimate of drug-likeness (QED) is 0.582. The van der Waals surface area contributed by atoms with Crippen LogP contribution in [-0.4, -0.2) is 26.7 Å². The fourth-order valence-electron chi connectivity index (χ4n) is 2.78. The number of amides is 1. The fraction of sp³-hybridized carbons (Fsp3) is 0.227. The number of carbonyl (C=O) groups excluding carboxylic acids is 1. The minimum absolute atomic E-state index is 0.0820. The third-order valence-electron chi connectivity index (χ3n) is 4.36. The van der Waals surface area contributed by atoms with E-state index in [-0.39, 0.29) is 5.91 Å². The molecule has 0 aromatic heterocycles. The highest BCUT2D eigenvalue weighted by Crippen LogP contribution is 2.22. The summed E-state index contributed by atoms with van der Waals surface area (Å²) < 4.78 is 10.8. The van der Waals surface area contributed by atoms with Crippen LogP contribution in [0.25, 0.3) is 10.8 Å². The molecule has 0 aliphatic carbocycles. The van der Waals surface area contributed by atoms with Crippen LogP contribution in [0.4, 0.5) is 5.69 Å². The van der Waals surface area contributed by atoms with Crippen LogP contribution in [0.5, 0.6) is 11.5 Å². The maximum absolute atomic E-state index is 12.4. The summed E-state index contributed by atoms with van der Waals surface area (Å²) in [7, 11) is 3.45. The Morgan fingerprint density at radius 1 is 0.923 bits per heavy atom. The van der Waals surface area contributed by atoms with Crippen molar-refractivity contribution in [2.45, 2.75) is 12.8 Å². The van der Waals surface area contributed by atoms with Crippen LogP contribution in [0.15, 0.2) is 66.7 Å². The Morgan fingerprint density at radius 3 is 2.35 bits per heavy atom. The van der Waals surface area contributed by atoms with Gasteiger partial charge >= 0.3 is 0 Å². The van der Waals surface area contributed by atoms with Crippen molar-refractivity contribution in [1.82, 2.24) is 0 Å². The lowest BCUT2D eigenvalue weighted by Crippen LogP contribution is -2.26. The van der Waals surface area contributed by atoms with Crippen LogP contribution >= 0.6 is 0 Å². The second kappa shape index (κ2) is 8.39. The minimum atomic E-state index is 0.0820. The van der Waals surface area contributed by atoms with Gasteiger partial charge in [-0.05, 0) is 53.6 Å². The van der Waals surface area contributed by atoms with Gasteiger partial charge in [-0.25, -0.2) is 0 Å². The van der Waals surface area contributed by atoms with Gasteiger partial charge in [0.1, 0.15) is 11.5 Å². The van der Waals surface area contributed by atoms with Crippen molar-refractivity contribution in [2.75, 3.05) is 25.7 Å². The second-order valence-corrected chi connectivity index (χ2v) is 6.11. The van der Waals surface area contributed by atoms with Crippen molar-refractivity contribution >= 4 is 22.4 Å². The molecule has 4 heteroatoms. The lowest BCUT2D eigenvalue weighted by Gasteiger charge is -2.18. The second-order valence-electron chi connectivity index (χ2n) is 6.11. The van der Waals surface area contributed by atoms with Gasteiger partial charge in [-0.15, -0.1) is 0 Å². The highest BCUT2D eigenvalue weighted by Gasteiger charge is 2.11. The van der Waals surface area contributed by atoms with E-state index in [1.165, 1.54) is 5.39 Å². The molecule has 26 heavy (non-hydrogen) atoms. The van der Waals surface area contributed by atoms with E-state index in [2.05, 4.69) is 12.1 Å². The maximum atomic E-state index is 12.4. The first-order valence-corrected chi connectivity index (χ1v) is 8.69. The monoisotopic (exact) mass is 349 g/mol. The third kappa shape index (κ3) is 4.33. The lowest BCUT2D eigenvalue weighted by atomic mass is 10.1. The van der Waals surface area contributed by atoms with Gasteiger partial charge in [0.15, 0.2) is 0 Å². The zero-order valence-corrected chi connectivity index (χ0v) is 15.1. The molecular weight excluding hydrogens is 326 g/mol. The Kier molecular flexibility index (Phi) is 5.74. The van der Waals surface area contributed by atoms with Crippen molar-refractivity contribution in [3.63, 3.8) is 0 Å². The van der Waals surface area contributed by atoms with Crippen LogP contribution in [0.3, 0.4) is 0 Å². The van der Waals surface area contributed by atoms with E-state index in [4.69, 9.17) is 9.47 Å². The Hall–Kier alpha value is -3.01. The van der Waals surface area contributed by atoms with E-state index >= 15 is 0 Å². The number of carbonyl (C=O) groups is 1. The number of benzene rings is 3. The summed E-state index contributed by atoms with van der Waals surface area (Å²) >= 11 is 0. The molecule has 0 atom stereocenters. The highest BCUT2D eigenvalue weighted by molar-refractivity contribution is 5.95. The summed E-state index contributed by atoms with van der Waals surface area (Å²) in [5.74, 6) is 1.66. The van der Waals surface area contributed by atoms with Gasteiger partial charge in [-0.1, -0.05) is 30.3 Å². The van der Waals surface area contributed by atoms with E-state index in [1.54, 1.807) is 12.0 Å². The van der Waals surface area contributed by atoms with E-state index in [0.717, 1.165) is 22.6 Å². The molecule has 3 aromatic rings. The molecule has 0 fully saturated rings. The number of nitrogens with zero attached hydrogens (tertiary/aromatic N) is 1. The minimum Gasteiger partial charge on any atom is -0.497 e. The van der Waals surface area contributed by atoms with Crippen LogP contribution in [0.1, 0.15) is 12.8 Å². The molecule has 0 heterocycles. The zero-order valence-electron chi connectivity index (χ0n) is 15.1. The number of hydrogen-bond donors (Lipinski definition) is 0. The molecule has 3 rings (SSSR count). The normalized spacial score (nSPS) is 10.5.